The normalized spacial score (nSPS) is 19.9. The molecule has 4 rings (SSSR count). The first kappa shape index (κ1) is 19.5. The maximum Gasteiger partial charge on any atom is 0.412 e. The second kappa shape index (κ2) is 7.56. The molecule has 2 fully saturated rings. The van der Waals surface area contributed by atoms with E-state index >= 15 is 0 Å². The smallest absolute Gasteiger partial charge is 0.412 e. The van der Waals surface area contributed by atoms with Crippen LogP contribution in [0.5, 0.6) is 0 Å². The third-order valence-electron chi connectivity index (χ3n) is 4.96. The predicted octanol–water partition coefficient (Wildman–Crippen LogP) is 0.961. The molecular formula is C18H19FN4O5S. The van der Waals surface area contributed by atoms with Gasteiger partial charge in [0.15, 0.2) is 16.1 Å². The number of benzene rings is 1. The van der Waals surface area contributed by atoms with Crippen molar-refractivity contribution in [1.82, 2.24) is 14.9 Å². The number of carbonyl (C=O) groups is 1. The second-order valence-corrected chi connectivity index (χ2v) is 9.13. The number of halogens is 1. The van der Waals surface area contributed by atoms with Crippen LogP contribution in [0.3, 0.4) is 0 Å². The fourth-order valence-electron chi connectivity index (χ4n) is 3.27. The number of amides is 1. The van der Waals surface area contributed by atoms with Gasteiger partial charge in [0.25, 0.3) is 0 Å². The van der Waals surface area contributed by atoms with E-state index in [2.05, 4.69) is 9.97 Å². The Bertz CT molecular complexity index is 1020. The Balaban J connectivity index is 1.50. The van der Waals surface area contributed by atoms with Crippen molar-refractivity contribution in [1.29, 1.82) is 0 Å². The summed E-state index contributed by atoms with van der Waals surface area (Å²) in [4.78, 5) is 22.9. The fraction of sp³-hybridized carbons (Fsp3) is 0.389. The number of nitrogens with zero attached hydrogens (tertiary/aromatic N) is 4. The van der Waals surface area contributed by atoms with Crippen LogP contribution in [0.1, 0.15) is 11.8 Å². The first-order chi connectivity index (χ1) is 13.8. The van der Waals surface area contributed by atoms with E-state index in [0.29, 0.717) is 24.6 Å². The Morgan fingerprint density at radius 2 is 1.83 bits per heavy atom. The van der Waals surface area contributed by atoms with E-state index in [4.69, 9.17) is 4.74 Å². The first-order valence-corrected chi connectivity index (χ1v) is 10.8. The molecule has 2 saturated heterocycles. The molecule has 3 heterocycles. The summed E-state index contributed by atoms with van der Waals surface area (Å²) in [5.41, 5.74) is 0.924. The number of carbonyl (C=O) groups excluding carboxylic acids is 1. The molecule has 9 nitrogen and oxygen atoms in total. The number of rotatable bonds is 4. The van der Waals surface area contributed by atoms with E-state index in [1.165, 1.54) is 24.5 Å². The highest BCUT2D eigenvalue weighted by Gasteiger charge is 2.30. The van der Waals surface area contributed by atoms with Crippen molar-refractivity contribution in [2.24, 2.45) is 0 Å². The molecular weight excluding hydrogens is 403 g/mol. The monoisotopic (exact) mass is 422 g/mol. The molecule has 2 aliphatic heterocycles. The number of hydrogen-bond acceptors (Lipinski definition) is 8. The van der Waals surface area contributed by atoms with Crippen molar-refractivity contribution in [2.75, 3.05) is 42.6 Å². The van der Waals surface area contributed by atoms with Gasteiger partial charge in [0.1, 0.15) is 12.4 Å². The van der Waals surface area contributed by atoms with E-state index in [-0.39, 0.29) is 35.8 Å². The largest absolute Gasteiger partial charge is 0.447 e. The van der Waals surface area contributed by atoms with Gasteiger partial charge in [-0.2, -0.15) is 0 Å². The lowest BCUT2D eigenvalue weighted by atomic mass is 10.0. The Morgan fingerprint density at radius 1 is 1.14 bits per heavy atom. The van der Waals surface area contributed by atoms with Crippen molar-refractivity contribution in [3.8, 4) is 11.1 Å². The fourth-order valence-corrected chi connectivity index (χ4v) is 4.47. The SMILES string of the molecule is O=C1OCCN1C(O)c1ccc(-c2cnc(N3CCS(=O)(=O)CC3)nc2)c(F)c1. The Kier molecular flexibility index (Phi) is 5.09. The first-order valence-electron chi connectivity index (χ1n) is 9.03. The quantitative estimate of drug-likeness (QED) is 0.775. The standard InChI is InChI=1S/C18H19FN4O5S/c19-15-9-12(16(24)23-3-6-28-18(23)25)1-2-14(15)13-10-20-17(21-11-13)22-4-7-29(26,27)8-5-22/h1-2,9-11,16,24H,3-8H2. The van der Waals surface area contributed by atoms with Crippen molar-refractivity contribution in [3.63, 3.8) is 0 Å². The third-order valence-corrected chi connectivity index (χ3v) is 6.56. The van der Waals surface area contributed by atoms with Crippen molar-refractivity contribution >= 4 is 21.9 Å². The summed E-state index contributed by atoms with van der Waals surface area (Å²) >= 11 is 0. The number of aromatic nitrogens is 2. The number of hydrogen-bond donors (Lipinski definition) is 1. The highest BCUT2D eigenvalue weighted by Crippen LogP contribution is 2.28. The Morgan fingerprint density at radius 3 is 2.41 bits per heavy atom. The summed E-state index contributed by atoms with van der Waals surface area (Å²) in [6, 6.07) is 4.17. The lowest BCUT2D eigenvalue weighted by Crippen LogP contribution is -2.41. The van der Waals surface area contributed by atoms with Gasteiger partial charge in [0.05, 0.1) is 18.1 Å². The molecule has 1 atom stereocenters. The van der Waals surface area contributed by atoms with E-state index in [1.807, 2.05) is 0 Å². The zero-order valence-corrected chi connectivity index (χ0v) is 16.2. The lowest BCUT2D eigenvalue weighted by Gasteiger charge is -2.26. The summed E-state index contributed by atoms with van der Waals surface area (Å²) in [6.07, 6.45) is 1.01. The predicted molar refractivity (Wildman–Crippen MR) is 101 cm³/mol. The summed E-state index contributed by atoms with van der Waals surface area (Å²) in [7, 11) is -3.00. The van der Waals surface area contributed by atoms with E-state index in [9.17, 15) is 22.7 Å². The molecule has 0 radical (unpaired) electrons. The number of anilines is 1. The van der Waals surface area contributed by atoms with Crippen LogP contribution in [0.25, 0.3) is 11.1 Å². The molecule has 1 amide bonds. The van der Waals surface area contributed by atoms with Crippen molar-refractivity contribution < 1.29 is 27.4 Å². The molecule has 0 spiro atoms. The molecule has 1 unspecified atom stereocenters. The number of aliphatic hydroxyl groups excluding tert-OH is 1. The minimum absolute atomic E-state index is 0.0566. The van der Waals surface area contributed by atoms with Gasteiger partial charge in [-0.05, 0) is 6.07 Å². The summed E-state index contributed by atoms with van der Waals surface area (Å²) in [5.74, 6) is -0.0829. The Hall–Kier alpha value is -2.79. The highest BCUT2D eigenvalue weighted by molar-refractivity contribution is 7.91. The van der Waals surface area contributed by atoms with E-state index in [1.54, 1.807) is 4.90 Å². The number of ether oxygens (including phenoxy) is 1. The van der Waals surface area contributed by atoms with Gasteiger partial charge in [-0.1, -0.05) is 12.1 Å². The number of sulfone groups is 1. The van der Waals surface area contributed by atoms with Crippen LogP contribution < -0.4 is 4.90 Å². The summed E-state index contributed by atoms with van der Waals surface area (Å²) < 4.78 is 42.5. The summed E-state index contributed by atoms with van der Waals surface area (Å²) in [6.45, 7) is 1.06. The maximum absolute atomic E-state index is 14.6. The molecule has 29 heavy (non-hydrogen) atoms. The molecule has 0 saturated carbocycles. The molecule has 154 valence electrons. The van der Waals surface area contributed by atoms with Gasteiger partial charge in [-0.3, -0.25) is 4.90 Å². The van der Waals surface area contributed by atoms with Gasteiger partial charge < -0.3 is 14.7 Å². The van der Waals surface area contributed by atoms with Gasteiger partial charge >= 0.3 is 6.09 Å². The van der Waals surface area contributed by atoms with Crippen LogP contribution in [-0.2, 0) is 14.6 Å². The maximum atomic E-state index is 14.6. The van der Waals surface area contributed by atoms with Gasteiger partial charge in [0.2, 0.25) is 5.95 Å². The zero-order valence-electron chi connectivity index (χ0n) is 15.4. The number of aliphatic hydroxyl groups is 1. The average molecular weight is 422 g/mol. The van der Waals surface area contributed by atoms with Gasteiger partial charge in [-0.25, -0.2) is 27.6 Å². The molecule has 1 aromatic carbocycles. The topological polar surface area (TPSA) is 113 Å². The Labute approximate surface area is 166 Å². The minimum Gasteiger partial charge on any atom is -0.447 e. The highest BCUT2D eigenvalue weighted by atomic mass is 32.2. The van der Waals surface area contributed by atoms with Crippen LogP contribution in [-0.4, -0.2) is 72.2 Å². The molecule has 2 aromatic rings. The lowest BCUT2D eigenvalue weighted by molar-refractivity contribution is 0.0362. The van der Waals surface area contributed by atoms with E-state index in [0.717, 1.165) is 11.0 Å². The van der Waals surface area contributed by atoms with Crippen LogP contribution in [0.2, 0.25) is 0 Å². The molecule has 0 aliphatic carbocycles. The molecule has 0 bridgehead atoms. The van der Waals surface area contributed by atoms with Crippen LogP contribution in [0.15, 0.2) is 30.6 Å². The third kappa shape index (κ3) is 4.01. The van der Waals surface area contributed by atoms with Crippen LogP contribution >= 0.6 is 0 Å². The van der Waals surface area contributed by atoms with Crippen LogP contribution in [0.4, 0.5) is 15.1 Å². The molecule has 1 aromatic heterocycles. The zero-order chi connectivity index (χ0) is 20.6. The molecule has 2 aliphatic rings. The minimum atomic E-state index is -3.00. The number of cyclic esters (lactones) is 1. The van der Waals surface area contributed by atoms with Crippen molar-refractivity contribution in [2.45, 2.75) is 6.23 Å². The average Bonchev–Trinajstić information content (AvgIpc) is 3.13. The molecule has 1 N–H and O–H groups in total. The summed E-state index contributed by atoms with van der Waals surface area (Å²) in [5, 5.41) is 10.3. The molecule has 11 heteroatoms. The van der Waals surface area contributed by atoms with Gasteiger partial charge in [-0.15, -0.1) is 0 Å². The van der Waals surface area contributed by atoms with Crippen molar-refractivity contribution in [3.05, 3.63) is 42.0 Å². The second-order valence-electron chi connectivity index (χ2n) is 6.83. The van der Waals surface area contributed by atoms with E-state index < -0.39 is 28.0 Å². The van der Waals surface area contributed by atoms with Crippen LogP contribution in [0, 0.1) is 5.82 Å². The van der Waals surface area contributed by atoms with Gasteiger partial charge in [0, 0.05) is 42.2 Å².